The summed E-state index contributed by atoms with van der Waals surface area (Å²) >= 11 is 0. The summed E-state index contributed by atoms with van der Waals surface area (Å²) < 4.78 is 6.76. The molecule has 0 aliphatic heterocycles. The Hall–Kier alpha value is -6.13. The maximum Gasteiger partial charge on any atom is 0.167 e. The molecule has 0 N–H and O–H groups in total. The van der Waals surface area contributed by atoms with E-state index in [0.717, 1.165) is 60.5 Å². The Morgan fingerprint density at radius 3 is 2.00 bits per heavy atom. The van der Waals surface area contributed by atoms with Crippen molar-refractivity contribution in [3.63, 3.8) is 0 Å². The first kappa shape index (κ1) is 28.1. The van der Waals surface area contributed by atoms with Crippen LogP contribution in [0.25, 0.3) is 90.2 Å². The van der Waals surface area contributed by atoms with E-state index < -0.39 is 0 Å². The predicted molar refractivity (Wildman–Crippen MR) is 199 cm³/mol. The van der Waals surface area contributed by atoms with Crippen molar-refractivity contribution in [2.24, 2.45) is 0 Å². The van der Waals surface area contributed by atoms with Crippen molar-refractivity contribution >= 4 is 44.9 Å². The van der Waals surface area contributed by atoms with Crippen LogP contribution in [0.3, 0.4) is 0 Å². The number of nitrogens with zero attached hydrogens (tertiary/aromatic N) is 3. The molecule has 1 aliphatic carbocycles. The Labute approximate surface area is 278 Å². The third-order valence-corrected chi connectivity index (χ3v) is 9.89. The van der Waals surface area contributed by atoms with Gasteiger partial charge in [-0.15, -0.1) is 0 Å². The Morgan fingerprint density at radius 1 is 0.542 bits per heavy atom. The molecule has 4 nitrogen and oxygen atoms in total. The van der Waals surface area contributed by atoms with Crippen LogP contribution in [0.5, 0.6) is 0 Å². The van der Waals surface area contributed by atoms with Crippen molar-refractivity contribution in [2.75, 3.05) is 0 Å². The van der Waals surface area contributed by atoms with Gasteiger partial charge < -0.3 is 4.42 Å². The van der Waals surface area contributed by atoms with Gasteiger partial charge in [0.25, 0.3) is 0 Å². The molecule has 0 radical (unpaired) electrons. The SMILES string of the molecule is C=Cc1cc(-c2nc(-c3ccccc3)nc(-c3cccc4c3oc3cc5c(cc34)-c3ccccc3C5(C)C)n2)c2ccccc2c1C=C. The molecular weight excluding hydrogens is 587 g/mol. The lowest BCUT2D eigenvalue weighted by atomic mass is 9.82. The zero-order valence-electron chi connectivity index (χ0n) is 26.8. The van der Waals surface area contributed by atoms with Gasteiger partial charge in [-0.2, -0.15) is 0 Å². The van der Waals surface area contributed by atoms with Crippen LogP contribution in [0.4, 0.5) is 0 Å². The van der Waals surface area contributed by atoms with Crippen LogP contribution in [0.15, 0.2) is 133 Å². The summed E-state index contributed by atoms with van der Waals surface area (Å²) in [5, 5.41) is 4.22. The summed E-state index contributed by atoms with van der Waals surface area (Å²) in [6, 6.07) is 39.9. The van der Waals surface area contributed by atoms with Crippen LogP contribution in [0, 0.1) is 0 Å². The van der Waals surface area contributed by atoms with Gasteiger partial charge in [0, 0.05) is 27.3 Å². The third kappa shape index (κ3) is 4.06. The minimum atomic E-state index is -0.121. The smallest absolute Gasteiger partial charge is 0.167 e. The maximum atomic E-state index is 6.76. The lowest BCUT2D eigenvalue weighted by Crippen LogP contribution is -2.14. The number of hydrogen-bond acceptors (Lipinski definition) is 4. The summed E-state index contributed by atoms with van der Waals surface area (Å²) in [5.41, 5.74) is 11.3. The van der Waals surface area contributed by atoms with Crippen LogP contribution in [-0.4, -0.2) is 15.0 Å². The molecule has 8 aromatic rings. The lowest BCUT2D eigenvalue weighted by molar-refractivity contribution is 0.647. The second-order valence-electron chi connectivity index (χ2n) is 12.9. The molecule has 0 atom stereocenters. The fourth-order valence-corrected chi connectivity index (χ4v) is 7.50. The molecule has 4 heteroatoms. The van der Waals surface area contributed by atoms with Crippen molar-refractivity contribution < 1.29 is 4.42 Å². The molecular formula is C44H31N3O. The first-order valence-electron chi connectivity index (χ1n) is 16.2. The van der Waals surface area contributed by atoms with Gasteiger partial charge in [0.2, 0.25) is 0 Å². The number of para-hydroxylation sites is 1. The van der Waals surface area contributed by atoms with Gasteiger partial charge >= 0.3 is 0 Å². The third-order valence-electron chi connectivity index (χ3n) is 9.89. The number of benzene rings is 6. The Bertz CT molecular complexity index is 2630. The fraction of sp³-hybridized carbons (Fsp3) is 0.0682. The molecule has 6 aromatic carbocycles. The van der Waals surface area contributed by atoms with Crippen LogP contribution in [-0.2, 0) is 5.41 Å². The number of rotatable bonds is 5. The topological polar surface area (TPSA) is 51.8 Å². The first-order chi connectivity index (χ1) is 23.5. The molecule has 2 aromatic heterocycles. The van der Waals surface area contributed by atoms with E-state index >= 15 is 0 Å². The van der Waals surface area contributed by atoms with Gasteiger partial charge in [-0.05, 0) is 68.4 Å². The highest BCUT2D eigenvalue weighted by atomic mass is 16.3. The average molecular weight is 618 g/mol. The van der Waals surface area contributed by atoms with E-state index in [0.29, 0.717) is 17.5 Å². The van der Waals surface area contributed by atoms with Gasteiger partial charge in [0.05, 0.1) is 5.56 Å². The summed E-state index contributed by atoms with van der Waals surface area (Å²) in [6.07, 6.45) is 3.74. The zero-order valence-corrected chi connectivity index (χ0v) is 26.8. The van der Waals surface area contributed by atoms with Crippen molar-refractivity contribution in [1.82, 2.24) is 15.0 Å². The number of aromatic nitrogens is 3. The largest absolute Gasteiger partial charge is 0.455 e. The molecule has 0 spiro atoms. The summed E-state index contributed by atoms with van der Waals surface area (Å²) in [7, 11) is 0. The van der Waals surface area contributed by atoms with E-state index in [2.05, 4.69) is 93.7 Å². The molecule has 0 bridgehead atoms. The number of hydrogen-bond donors (Lipinski definition) is 0. The Morgan fingerprint density at radius 2 is 1.21 bits per heavy atom. The summed E-state index contributed by atoms with van der Waals surface area (Å²) in [4.78, 5) is 15.3. The van der Waals surface area contributed by atoms with Gasteiger partial charge in [-0.25, -0.2) is 15.0 Å². The van der Waals surface area contributed by atoms with Crippen molar-refractivity contribution in [1.29, 1.82) is 0 Å². The first-order valence-corrected chi connectivity index (χ1v) is 16.2. The Balaban J connectivity index is 1.31. The minimum absolute atomic E-state index is 0.121. The van der Waals surface area contributed by atoms with E-state index in [1.807, 2.05) is 60.7 Å². The number of furan rings is 1. The van der Waals surface area contributed by atoms with Crippen LogP contribution >= 0.6 is 0 Å². The molecule has 9 rings (SSSR count). The van der Waals surface area contributed by atoms with E-state index in [9.17, 15) is 0 Å². The van der Waals surface area contributed by atoms with E-state index in [1.54, 1.807) is 0 Å². The van der Waals surface area contributed by atoms with Crippen molar-refractivity contribution in [3.05, 3.63) is 151 Å². The summed E-state index contributed by atoms with van der Waals surface area (Å²) in [6.45, 7) is 12.8. The van der Waals surface area contributed by atoms with Crippen molar-refractivity contribution in [3.8, 4) is 45.3 Å². The van der Waals surface area contributed by atoms with Gasteiger partial charge in [-0.1, -0.05) is 130 Å². The highest BCUT2D eigenvalue weighted by Crippen LogP contribution is 2.51. The number of fused-ring (bicyclic) bond motifs is 7. The molecule has 0 saturated heterocycles. The molecule has 0 unspecified atom stereocenters. The fourth-order valence-electron chi connectivity index (χ4n) is 7.50. The van der Waals surface area contributed by atoms with Crippen molar-refractivity contribution in [2.45, 2.75) is 19.3 Å². The summed E-state index contributed by atoms with van der Waals surface area (Å²) in [5.74, 6) is 1.73. The minimum Gasteiger partial charge on any atom is -0.455 e. The van der Waals surface area contributed by atoms with Crippen LogP contribution < -0.4 is 0 Å². The highest BCUT2D eigenvalue weighted by Gasteiger charge is 2.36. The predicted octanol–water partition coefficient (Wildman–Crippen LogP) is 11.5. The van der Waals surface area contributed by atoms with E-state index in [4.69, 9.17) is 19.4 Å². The van der Waals surface area contributed by atoms with Gasteiger partial charge in [-0.3, -0.25) is 0 Å². The molecule has 0 amide bonds. The molecule has 228 valence electrons. The average Bonchev–Trinajstić information content (AvgIpc) is 3.61. The Kier molecular flexibility index (Phi) is 6.12. The molecule has 2 heterocycles. The normalized spacial score (nSPS) is 13.1. The van der Waals surface area contributed by atoms with Crippen LogP contribution in [0.1, 0.15) is 36.1 Å². The monoisotopic (exact) mass is 617 g/mol. The molecule has 0 fully saturated rings. The standard InChI is InChI=1S/C44H31N3O/c1-5-26-23-36(30-18-11-10-17-29(30)28(26)6-2)43-46-41(27-15-8-7-9-16-27)45-42(47-43)33-21-14-20-32-35-24-34-31-19-12-13-22-37(31)44(3,4)38(34)25-39(35)48-40(32)33/h5-25H,1-2H2,3-4H3. The molecule has 48 heavy (non-hydrogen) atoms. The maximum absolute atomic E-state index is 6.76. The molecule has 1 aliphatic rings. The quantitative estimate of drug-likeness (QED) is 0.193. The lowest BCUT2D eigenvalue weighted by Gasteiger charge is -2.21. The van der Waals surface area contributed by atoms with E-state index in [1.165, 1.54) is 22.3 Å². The van der Waals surface area contributed by atoms with Gasteiger partial charge in [0.1, 0.15) is 11.2 Å². The molecule has 0 saturated carbocycles. The second-order valence-corrected chi connectivity index (χ2v) is 12.9. The zero-order chi connectivity index (χ0) is 32.6. The highest BCUT2D eigenvalue weighted by molar-refractivity contribution is 6.11. The van der Waals surface area contributed by atoms with E-state index in [-0.39, 0.29) is 5.41 Å². The van der Waals surface area contributed by atoms with Crippen LogP contribution in [0.2, 0.25) is 0 Å². The van der Waals surface area contributed by atoms with Gasteiger partial charge in [0.15, 0.2) is 17.5 Å². The second kappa shape index (κ2) is 10.4.